The molecule has 4 nitrogen and oxygen atoms in total. The molecule has 24 heavy (non-hydrogen) atoms. The molecule has 0 radical (unpaired) electrons. The van der Waals surface area contributed by atoms with Gasteiger partial charge in [0.05, 0.1) is 5.71 Å². The summed E-state index contributed by atoms with van der Waals surface area (Å²) in [4.78, 5) is 20.0. The van der Waals surface area contributed by atoms with Crippen molar-refractivity contribution in [1.82, 2.24) is 4.98 Å². The average molecular weight is 316 g/mol. The number of rotatable bonds is 4. The van der Waals surface area contributed by atoms with E-state index in [0.717, 1.165) is 16.8 Å². The highest BCUT2D eigenvalue weighted by Crippen LogP contribution is 2.19. The van der Waals surface area contributed by atoms with E-state index in [1.807, 2.05) is 60.7 Å². The third-order valence-corrected chi connectivity index (χ3v) is 3.28. The second kappa shape index (κ2) is 7.33. The smallest absolute Gasteiger partial charge is 0.309 e. The summed E-state index contributed by atoms with van der Waals surface area (Å²) in [6.45, 7) is 1.34. The molecule has 0 saturated heterocycles. The molecule has 3 aromatic rings. The van der Waals surface area contributed by atoms with E-state index in [1.165, 1.54) is 6.92 Å². The molecule has 0 N–H and O–H groups in total. The van der Waals surface area contributed by atoms with Crippen LogP contribution in [0.1, 0.15) is 18.1 Å². The Morgan fingerprint density at radius 2 is 1.42 bits per heavy atom. The van der Waals surface area contributed by atoms with E-state index in [2.05, 4.69) is 9.98 Å². The molecule has 0 saturated carbocycles. The average Bonchev–Trinajstić information content (AvgIpc) is 2.61. The first kappa shape index (κ1) is 15.6. The molecule has 0 amide bonds. The number of esters is 1. The molecule has 118 valence electrons. The molecule has 1 aromatic heterocycles. The van der Waals surface area contributed by atoms with Crippen molar-refractivity contribution in [3.05, 3.63) is 90.0 Å². The van der Waals surface area contributed by atoms with Crippen molar-refractivity contribution in [2.24, 2.45) is 4.99 Å². The zero-order valence-corrected chi connectivity index (χ0v) is 13.2. The zero-order chi connectivity index (χ0) is 16.8. The van der Waals surface area contributed by atoms with Crippen LogP contribution in [0.3, 0.4) is 0 Å². The van der Waals surface area contributed by atoms with E-state index < -0.39 is 5.97 Å². The fraction of sp³-hybridized carbons (Fsp3) is 0.0500. The summed E-state index contributed by atoms with van der Waals surface area (Å²) in [6.07, 6.45) is 0. The maximum atomic E-state index is 11.1. The van der Waals surface area contributed by atoms with E-state index in [1.54, 1.807) is 18.2 Å². The van der Waals surface area contributed by atoms with Crippen molar-refractivity contribution in [2.45, 2.75) is 6.92 Å². The predicted octanol–water partition coefficient (Wildman–Crippen LogP) is 4.18. The van der Waals surface area contributed by atoms with Gasteiger partial charge >= 0.3 is 5.97 Å². The number of ether oxygens (including phenoxy) is 1. The van der Waals surface area contributed by atoms with Gasteiger partial charge in [-0.25, -0.2) is 4.99 Å². The highest BCUT2D eigenvalue weighted by molar-refractivity contribution is 6.13. The normalized spacial score (nSPS) is 10.0. The van der Waals surface area contributed by atoms with Crippen molar-refractivity contribution in [2.75, 3.05) is 0 Å². The Hall–Kier alpha value is -3.27. The van der Waals surface area contributed by atoms with E-state index in [4.69, 9.17) is 4.74 Å². The van der Waals surface area contributed by atoms with Gasteiger partial charge in [-0.05, 0) is 6.07 Å². The van der Waals surface area contributed by atoms with Crippen molar-refractivity contribution >= 4 is 17.5 Å². The number of carbonyl (C=O) groups excluding carboxylic acids is 1. The first-order valence-electron chi connectivity index (χ1n) is 7.57. The Bertz CT molecular complexity index is 818. The van der Waals surface area contributed by atoms with Crippen LogP contribution in [0, 0.1) is 0 Å². The number of nitrogens with zero attached hydrogens (tertiary/aromatic N) is 2. The maximum Gasteiger partial charge on any atom is 0.309 e. The minimum absolute atomic E-state index is 0.240. The minimum Gasteiger partial charge on any atom is -0.408 e. The van der Waals surface area contributed by atoms with Gasteiger partial charge in [-0.3, -0.25) is 4.79 Å². The van der Waals surface area contributed by atoms with Crippen molar-refractivity contribution in [1.29, 1.82) is 0 Å². The van der Waals surface area contributed by atoms with Crippen LogP contribution in [0.5, 0.6) is 5.88 Å². The maximum absolute atomic E-state index is 11.1. The van der Waals surface area contributed by atoms with Crippen LogP contribution < -0.4 is 4.74 Å². The summed E-state index contributed by atoms with van der Waals surface area (Å²) in [5.74, 6) is 0.315. The number of hydrogen-bond donors (Lipinski definition) is 0. The van der Waals surface area contributed by atoms with Crippen molar-refractivity contribution in [3.63, 3.8) is 0 Å². The number of pyridine rings is 1. The Morgan fingerprint density at radius 3 is 1.96 bits per heavy atom. The number of aliphatic imine (C=N–C) groups is 1. The van der Waals surface area contributed by atoms with Crippen LogP contribution in [0.25, 0.3) is 0 Å². The number of carbonyl (C=O) groups is 1. The Labute approximate surface area is 140 Å². The molecule has 3 rings (SSSR count). The van der Waals surface area contributed by atoms with Gasteiger partial charge in [0.15, 0.2) is 5.82 Å². The van der Waals surface area contributed by atoms with Gasteiger partial charge in [0.25, 0.3) is 0 Å². The molecular formula is C20H16N2O2. The number of benzene rings is 2. The summed E-state index contributed by atoms with van der Waals surface area (Å²) in [6, 6.07) is 25.0. The lowest BCUT2D eigenvalue weighted by Gasteiger charge is -2.08. The highest BCUT2D eigenvalue weighted by Gasteiger charge is 2.08. The van der Waals surface area contributed by atoms with Crippen LogP contribution in [-0.2, 0) is 4.79 Å². The molecule has 4 heteroatoms. The molecule has 0 spiro atoms. The van der Waals surface area contributed by atoms with Gasteiger partial charge in [0.1, 0.15) is 0 Å². The van der Waals surface area contributed by atoms with Crippen LogP contribution in [-0.4, -0.2) is 16.7 Å². The molecule has 0 unspecified atom stereocenters. The van der Waals surface area contributed by atoms with Crippen LogP contribution in [0.2, 0.25) is 0 Å². The SMILES string of the molecule is CC(=O)Oc1cccc(N=C(c2ccccc2)c2ccccc2)n1. The van der Waals surface area contributed by atoms with E-state index in [0.29, 0.717) is 5.82 Å². The molecule has 1 heterocycles. The molecule has 2 aromatic carbocycles. The third-order valence-electron chi connectivity index (χ3n) is 3.28. The van der Waals surface area contributed by atoms with Crippen LogP contribution in [0.4, 0.5) is 5.82 Å². The van der Waals surface area contributed by atoms with E-state index in [-0.39, 0.29) is 5.88 Å². The number of hydrogen-bond acceptors (Lipinski definition) is 4. The first-order valence-corrected chi connectivity index (χ1v) is 7.57. The predicted molar refractivity (Wildman–Crippen MR) is 93.7 cm³/mol. The number of aromatic nitrogens is 1. The molecule has 0 fully saturated rings. The van der Waals surface area contributed by atoms with Crippen LogP contribution in [0.15, 0.2) is 83.9 Å². The second-order valence-corrected chi connectivity index (χ2v) is 5.12. The molecule has 0 bridgehead atoms. The van der Waals surface area contributed by atoms with Crippen molar-refractivity contribution < 1.29 is 9.53 Å². The molecule has 0 aliphatic heterocycles. The van der Waals surface area contributed by atoms with Gasteiger partial charge in [-0.1, -0.05) is 66.7 Å². The van der Waals surface area contributed by atoms with Crippen LogP contribution >= 0.6 is 0 Å². The standard InChI is InChI=1S/C20H16N2O2/c1-15(23)24-19-14-8-13-18(21-19)22-20(16-9-4-2-5-10-16)17-11-6-3-7-12-17/h2-14H,1H3. The summed E-state index contributed by atoms with van der Waals surface area (Å²) in [5, 5.41) is 0. The van der Waals surface area contributed by atoms with E-state index >= 15 is 0 Å². The fourth-order valence-corrected chi connectivity index (χ4v) is 2.27. The molecule has 0 aliphatic rings. The van der Waals surface area contributed by atoms with E-state index in [9.17, 15) is 4.79 Å². The summed E-state index contributed by atoms with van der Waals surface area (Å²) >= 11 is 0. The van der Waals surface area contributed by atoms with Gasteiger partial charge in [-0.15, -0.1) is 0 Å². The largest absolute Gasteiger partial charge is 0.408 e. The zero-order valence-electron chi connectivity index (χ0n) is 13.2. The monoisotopic (exact) mass is 316 g/mol. The topological polar surface area (TPSA) is 51.5 Å². The van der Waals surface area contributed by atoms with Gasteiger partial charge in [0.2, 0.25) is 5.88 Å². The Kier molecular flexibility index (Phi) is 4.77. The van der Waals surface area contributed by atoms with Gasteiger partial charge in [-0.2, -0.15) is 4.98 Å². The highest BCUT2D eigenvalue weighted by atomic mass is 16.5. The van der Waals surface area contributed by atoms with Crippen molar-refractivity contribution in [3.8, 4) is 5.88 Å². The Balaban J connectivity index is 2.06. The summed E-state index contributed by atoms with van der Waals surface area (Å²) in [7, 11) is 0. The lowest BCUT2D eigenvalue weighted by atomic mass is 10.0. The quantitative estimate of drug-likeness (QED) is 0.536. The minimum atomic E-state index is -0.407. The van der Waals surface area contributed by atoms with Gasteiger partial charge < -0.3 is 4.74 Å². The lowest BCUT2D eigenvalue weighted by molar-refractivity contribution is -0.132. The third kappa shape index (κ3) is 3.93. The second-order valence-electron chi connectivity index (χ2n) is 5.12. The molecule has 0 aliphatic carbocycles. The first-order chi connectivity index (χ1) is 11.7. The lowest BCUT2D eigenvalue weighted by Crippen LogP contribution is -2.04. The molecule has 0 atom stereocenters. The molecular weight excluding hydrogens is 300 g/mol. The fourth-order valence-electron chi connectivity index (χ4n) is 2.27. The Morgan fingerprint density at radius 1 is 0.833 bits per heavy atom. The van der Waals surface area contributed by atoms with Gasteiger partial charge in [0, 0.05) is 24.1 Å². The summed E-state index contributed by atoms with van der Waals surface area (Å²) in [5.41, 5.74) is 2.79. The summed E-state index contributed by atoms with van der Waals surface area (Å²) < 4.78 is 5.03.